The largest absolute Gasteiger partial charge is 0.494 e. The third-order valence-electron chi connectivity index (χ3n) is 5.49. The lowest BCUT2D eigenvalue weighted by molar-refractivity contribution is 0.249. The molecule has 4 rings (SSSR count). The Kier molecular flexibility index (Phi) is 4.39. The molecule has 1 aromatic carbocycles. The summed E-state index contributed by atoms with van der Waals surface area (Å²) in [6.45, 7) is 3.15. The summed E-state index contributed by atoms with van der Waals surface area (Å²) < 4.78 is 1.27. The molecule has 0 radical (unpaired) electrons. The molecule has 0 aliphatic carbocycles. The Bertz CT molecular complexity index is 1110. The molecule has 1 aliphatic rings. The number of fused-ring (bicyclic) bond motifs is 3. The Hall–Kier alpha value is -2.80. The van der Waals surface area contributed by atoms with E-state index in [0.717, 1.165) is 42.4 Å². The Balaban J connectivity index is 1.94. The molecule has 3 aromatic rings. The number of rotatable bonds is 4. The summed E-state index contributed by atoms with van der Waals surface area (Å²) in [6, 6.07) is 7.62. The number of aromatic amines is 2. The van der Waals surface area contributed by atoms with Gasteiger partial charge in [0.2, 0.25) is 5.88 Å². The number of hydrogen-bond donors (Lipinski definition) is 3. The molecule has 1 atom stereocenters. The molecule has 7 heteroatoms. The number of para-hydroxylation sites is 1. The fourth-order valence-electron chi connectivity index (χ4n) is 4.07. The van der Waals surface area contributed by atoms with E-state index >= 15 is 0 Å². The van der Waals surface area contributed by atoms with Crippen molar-refractivity contribution in [1.82, 2.24) is 19.4 Å². The highest BCUT2D eigenvalue weighted by molar-refractivity contribution is 5.85. The lowest BCUT2D eigenvalue weighted by atomic mass is 9.94. The fourth-order valence-corrected chi connectivity index (χ4v) is 4.07. The van der Waals surface area contributed by atoms with Gasteiger partial charge >= 0.3 is 5.69 Å². The average Bonchev–Trinajstić information content (AvgIpc) is 3.02. The first-order valence-corrected chi connectivity index (χ1v) is 9.38. The highest BCUT2D eigenvalue weighted by Gasteiger charge is 2.34. The van der Waals surface area contributed by atoms with E-state index in [0.29, 0.717) is 6.54 Å². The number of aromatic hydroxyl groups is 1. The number of nitrogens with one attached hydrogen (secondary N) is 2. The molecule has 0 saturated carbocycles. The fraction of sp³-hybridized carbons (Fsp3) is 0.400. The second-order valence-corrected chi connectivity index (χ2v) is 7.20. The molecule has 0 amide bonds. The number of H-pyrrole nitrogens is 2. The summed E-state index contributed by atoms with van der Waals surface area (Å²) in [4.78, 5) is 32.7. The molecule has 0 unspecified atom stereocenters. The van der Waals surface area contributed by atoms with Crippen molar-refractivity contribution < 1.29 is 5.11 Å². The zero-order valence-corrected chi connectivity index (χ0v) is 15.6. The maximum atomic E-state index is 12.7. The molecule has 27 heavy (non-hydrogen) atoms. The van der Waals surface area contributed by atoms with Crippen molar-refractivity contribution in [2.45, 2.75) is 38.8 Å². The summed E-state index contributed by atoms with van der Waals surface area (Å²) >= 11 is 0. The highest BCUT2D eigenvalue weighted by atomic mass is 16.3. The summed E-state index contributed by atoms with van der Waals surface area (Å²) in [7, 11) is 1.93. The molecule has 142 valence electrons. The van der Waals surface area contributed by atoms with Crippen molar-refractivity contribution in [1.29, 1.82) is 0 Å². The van der Waals surface area contributed by atoms with Gasteiger partial charge in [-0.15, -0.1) is 0 Å². The van der Waals surface area contributed by atoms with Gasteiger partial charge in [-0.3, -0.25) is 19.2 Å². The quantitative estimate of drug-likeness (QED) is 0.657. The van der Waals surface area contributed by atoms with Crippen LogP contribution in [0.4, 0.5) is 0 Å². The van der Waals surface area contributed by atoms with E-state index in [-0.39, 0.29) is 11.4 Å². The van der Waals surface area contributed by atoms with E-state index < -0.39 is 17.3 Å². The molecule has 2 aromatic heterocycles. The van der Waals surface area contributed by atoms with E-state index in [2.05, 4.69) is 16.0 Å². The van der Waals surface area contributed by atoms with Crippen LogP contribution in [0.5, 0.6) is 5.88 Å². The van der Waals surface area contributed by atoms with E-state index in [4.69, 9.17) is 0 Å². The van der Waals surface area contributed by atoms with Crippen LogP contribution < -0.4 is 11.2 Å². The SMILES string of the molecule is CCCCn1c(O)c([C@@H]2c3[nH]c4ccccc4c3CCN2C)c(=O)[nH]c1=O. The molecular formula is C20H24N4O3. The predicted molar refractivity (Wildman–Crippen MR) is 104 cm³/mol. The van der Waals surface area contributed by atoms with Gasteiger partial charge in [0.15, 0.2) is 0 Å². The van der Waals surface area contributed by atoms with Crippen LogP contribution in [-0.2, 0) is 13.0 Å². The van der Waals surface area contributed by atoms with Crippen molar-refractivity contribution in [3.05, 3.63) is 61.9 Å². The van der Waals surface area contributed by atoms with Crippen molar-refractivity contribution in [2.75, 3.05) is 13.6 Å². The molecule has 0 fully saturated rings. The number of hydrogen-bond acceptors (Lipinski definition) is 4. The Labute approximate surface area is 156 Å². The van der Waals surface area contributed by atoms with Gasteiger partial charge in [0, 0.05) is 29.7 Å². The Morgan fingerprint density at radius 2 is 2.00 bits per heavy atom. The maximum absolute atomic E-state index is 12.7. The number of nitrogens with zero attached hydrogens (tertiary/aromatic N) is 2. The van der Waals surface area contributed by atoms with Crippen molar-refractivity contribution in [2.24, 2.45) is 0 Å². The minimum absolute atomic E-state index is 0.223. The van der Waals surface area contributed by atoms with Gasteiger partial charge in [-0.1, -0.05) is 31.5 Å². The van der Waals surface area contributed by atoms with Crippen LogP contribution in [0.15, 0.2) is 33.9 Å². The summed E-state index contributed by atoms with van der Waals surface area (Å²) in [5.74, 6) is -0.236. The first kappa shape index (κ1) is 17.6. The van der Waals surface area contributed by atoms with E-state index in [1.807, 2.05) is 37.1 Å². The van der Waals surface area contributed by atoms with Crippen LogP contribution in [0.3, 0.4) is 0 Å². The van der Waals surface area contributed by atoms with Gasteiger partial charge in [0.1, 0.15) is 5.56 Å². The number of benzene rings is 1. The van der Waals surface area contributed by atoms with Crippen molar-refractivity contribution in [3.63, 3.8) is 0 Å². The number of likely N-dealkylation sites (N-methyl/N-ethyl adjacent to an activating group) is 1. The highest BCUT2D eigenvalue weighted by Crippen LogP contribution is 2.38. The molecule has 7 nitrogen and oxygen atoms in total. The standard InChI is InChI=1S/C20H24N4O3/c1-3-4-10-24-19(26)15(18(25)22-20(24)27)17-16-13(9-11-23(17)2)12-7-5-6-8-14(12)21-16/h5-8,17,21,26H,3-4,9-11H2,1-2H3,(H,22,25,27)/t17-/m1/s1. The third kappa shape index (κ3) is 2.78. The van der Waals surface area contributed by atoms with Crippen LogP contribution in [0.25, 0.3) is 10.9 Å². The van der Waals surface area contributed by atoms with Gasteiger partial charge in [-0.25, -0.2) is 4.79 Å². The first-order valence-electron chi connectivity index (χ1n) is 9.38. The van der Waals surface area contributed by atoms with Gasteiger partial charge in [0.05, 0.1) is 6.04 Å². The van der Waals surface area contributed by atoms with Crippen LogP contribution in [-0.4, -0.2) is 38.1 Å². The minimum atomic E-state index is -0.565. The van der Waals surface area contributed by atoms with Gasteiger partial charge < -0.3 is 10.1 Å². The maximum Gasteiger partial charge on any atom is 0.331 e. The topological polar surface area (TPSA) is 94.1 Å². The van der Waals surface area contributed by atoms with E-state index in [1.165, 1.54) is 10.1 Å². The first-order chi connectivity index (χ1) is 13.0. The molecule has 1 aliphatic heterocycles. The lowest BCUT2D eigenvalue weighted by Gasteiger charge is -2.33. The van der Waals surface area contributed by atoms with Crippen LogP contribution in [0, 0.1) is 0 Å². The third-order valence-corrected chi connectivity index (χ3v) is 5.49. The smallest absolute Gasteiger partial charge is 0.331 e. The van der Waals surface area contributed by atoms with Crippen LogP contribution in [0.2, 0.25) is 0 Å². The summed E-state index contributed by atoms with van der Waals surface area (Å²) in [5, 5.41) is 12.0. The molecule has 3 heterocycles. The number of unbranched alkanes of at least 4 members (excludes halogenated alkanes) is 1. The average molecular weight is 368 g/mol. The molecular weight excluding hydrogens is 344 g/mol. The monoisotopic (exact) mass is 368 g/mol. The molecule has 0 saturated heterocycles. The zero-order chi connectivity index (χ0) is 19.1. The lowest BCUT2D eigenvalue weighted by Crippen LogP contribution is -2.40. The van der Waals surface area contributed by atoms with E-state index in [1.54, 1.807) is 0 Å². The van der Waals surface area contributed by atoms with Crippen LogP contribution >= 0.6 is 0 Å². The normalized spacial score (nSPS) is 17.3. The summed E-state index contributed by atoms with van der Waals surface area (Å²) in [5.41, 5.74) is 2.21. The molecule has 0 spiro atoms. The number of aromatic nitrogens is 3. The van der Waals surface area contributed by atoms with Crippen molar-refractivity contribution >= 4 is 10.9 Å². The molecule has 0 bridgehead atoms. The second-order valence-electron chi connectivity index (χ2n) is 7.20. The second kappa shape index (κ2) is 6.74. The van der Waals surface area contributed by atoms with Gasteiger partial charge in [-0.05, 0) is 31.5 Å². The van der Waals surface area contributed by atoms with Gasteiger partial charge in [0.25, 0.3) is 5.56 Å². The van der Waals surface area contributed by atoms with Gasteiger partial charge in [-0.2, -0.15) is 0 Å². The predicted octanol–water partition coefficient (Wildman–Crippen LogP) is 2.10. The van der Waals surface area contributed by atoms with Crippen molar-refractivity contribution in [3.8, 4) is 5.88 Å². The Morgan fingerprint density at radius 3 is 2.78 bits per heavy atom. The summed E-state index contributed by atoms with van der Waals surface area (Å²) in [6.07, 6.45) is 2.49. The molecule has 3 N–H and O–H groups in total. The zero-order valence-electron chi connectivity index (χ0n) is 15.6. The van der Waals surface area contributed by atoms with Crippen LogP contribution in [0.1, 0.15) is 42.6 Å². The Morgan fingerprint density at radius 1 is 1.22 bits per heavy atom. The minimum Gasteiger partial charge on any atom is -0.494 e. The van der Waals surface area contributed by atoms with E-state index in [9.17, 15) is 14.7 Å².